The third kappa shape index (κ3) is 4.07. The van der Waals surface area contributed by atoms with Crippen molar-refractivity contribution in [3.05, 3.63) is 59.2 Å². The number of anilines is 1. The molecule has 160 valence electrons. The molecule has 2 aromatic rings. The number of unbranched alkanes of at least 4 members (excludes halogenated alkanes) is 1. The van der Waals surface area contributed by atoms with Crippen LogP contribution in [0, 0.1) is 0 Å². The third-order valence-electron chi connectivity index (χ3n) is 5.30. The van der Waals surface area contributed by atoms with Gasteiger partial charge in [-0.25, -0.2) is 4.79 Å². The summed E-state index contributed by atoms with van der Waals surface area (Å²) in [5.41, 5.74) is 1.44. The van der Waals surface area contributed by atoms with Gasteiger partial charge >= 0.3 is 5.97 Å². The predicted molar refractivity (Wildman–Crippen MR) is 117 cm³/mol. The number of rotatable bonds is 6. The van der Waals surface area contributed by atoms with Crippen molar-refractivity contribution in [1.29, 1.82) is 0 Å². The summed E-state index contributed by atoms with van der Waals surface area (Å²) >= 11 is 1.68. The maximum absolute atomic E-state index is 12.7. The molecule has 2 aliphatic heterocycles. The van der Waals surface area contributed by atoms with E-state index in [-0.39, 0.29) is 28.5 Å². The molecule has 0 spiro atoms. The number of fused-ring (bicyclic) bond motifs is 2. The molecular weight excluding hydrogens is 416 g/mol. The van der Waals surface area contributed by atoms with Crippen LogP contribution in [0.25, 0.3) is 0 Å². The number of thioether (sulfide) groups is 1. The average Bonchev–Trinajstić information content (AvgIpc) is 3.04. The highest BCUT2D eigenvalue weighted by molar-refractivity contribution is 7.99. The molecule has 2 aliphatic rings. The lowest BCUT2D eigenvalue weighted by Gasteiger charge is -2.28. The molecule has 0 aromatic heterocycles. The van der Waals surface area contributed by atoms with Gasteiger partial charge in [-0.05, 0) is 36.8 Å². The van der Waals surface area contributed by atoms with Crippen molar-refractivity contribution >= 4 is 41.1 Å². The monoisotopic (exact) mass is 438 g/mol. The van der Waals surface area contributed by atoms with Crippen LogP contribution in [-0.4, -0.2) is 54.0 Å². The Kier molecular flexibility index (Phi) is 6.08. The normalized spacial score (nSPS) is 15.0. The molecule has 2 heterocycles. The van der Waals surface area contributed by atoms with Crippen LogP contribution in [0.3, 0.4) is 0 Å². The zero-order valence-electron chi connectivity index (χ0n) is 17.1. The Labute approximate surface area is 184 Å². The molecule has 4 rings (SSSR count). The lowest BCUT2D eigenvalue weighted by atomic mass is 10.1. The summed E-state index contributed by atoms with van der Waals surface area (Å²) in [5.74, 6) is -0.985. The van der Waals surface area contributed by atoms with Gasteiger partial charge in [0.1, 0.15) is 0 Å². The molecule has 2 aromatic carbocycles. The summed E-state index contributed by atoms with van der Waals surface area (Å²) in [6, 6.07) is 11.9. The van der Waals surface area contributed by atoms with E-state index >= 15 is 0 Å². The first-order valence-electron chi connectivity index (χ1n) is 10.2. The van der Waals surface area contributed by atoms with E-state index in [1.165, 1.54) is 23.1 Å². The van der Waals surface area contributed by atoms with E-state index in [0.717, 1.165) is 29.2 Å². The second-order valence-electron chi connectivity index (χ2n) is 7.31. The van der Waals surface area contributed by atoms with Crippen molar-refractivity contribution in [2.75, 3.05) is 30.3 Å². The summed E-state index contributed by atoms with van der Waals surface area (Å²) in [7, 11) is 0. The van der Waals surface area contributed by atoms with E-state index in [9.17, 15) is 19.2 Å². The standard InChI is InChI=1S/C23H22N2O5S/c1-2-3-10-25-21(27)16-9-8-15(13-17(16)22(25)28)23(29)30-14-20(26)24-11-12-31-19-7-5-4-6-18(19)24/h4-9,13H,2-3,10-12,14H2,1H3. The van der Waals surface area contributed by atoms with Crippen LogP contribution in [0.2, 0.25) is 0 Å². The van der Waals surface area contributed by atoms with Gasteiger partial charge in [0, 0.05) is 23.7 Å². The first kappa shape index (κ1) is 21.1. The first-order chi connectivity index (χ1) is 15.0. The summed E-state index contributed by atoms with van der Waals surface area (Å²) < 4.78 is 5.22. The van der Waals surface area contributed by atoms with Crippen LogP contribution in [0.4, 0.5) is 5.69 Å². The van der Waals surface area contributed by atoms with Gasteiger partial charge in [0.05, 0.1) is 22.4 Å². The van der Waals surface area contributed by atoms with E-state index in [1.54, 1.807) is 16.7 Å². The number of hydrogen-bond acceptors (Lipinski definition) is 6. The smallest absolute Gasteiger partial charge is 0.338 e. The van der Waals surface area contributed by atoms with Gasteiger partial charge in [-0.15, -0.1) is 11.8 Å². The fraction of sp³-hybridized carbons (Fsp3) is 0.304. The first-order valence-corrected chi connectivity index (χ1v) is 11.2. The zero-order valence-corrected chi connectivity index (χ0v) is 17.9. The highest BCUT2D eigenvalue weighted by Crippen LogP contribution is 2.34. The molecule has 0 fully saturated rings. The second kappa shape index (κ2) is 8.93. The van der Waals surface area contributed by atoms with E-state index in [0.29, 0.717) is 13.1 Å². The van der Waals surface area contributed by atoms with Crippen molar-refractivity contribution in [3.63, 3.8) is 0 Å². The van der Waals surface area contributed by atoms with E-state index in [4.69, 9.17) is 4.74 Å². The number of amides is 3. The Morgan fingerprint density at radius 3 is 2.65 bits per heavy atom. The molecule has 0 aliphatic carbocycles. The number of esters is 1. The molecule has 3 amide bonds. The Morgan fingerprint density at radius 2 is 1.84 bits per heavy atom. The van der Waals surface area contributed by atoms with Crippen molar-refractivity contribution in [2.45, 2.75) is 24.7 Å². The Bertz CT molecular complexity index is 1070. The molecule has 31 heavy (non-hydrogen) atoms. The second-order valence-corrected chi connectivity index (χ2v) is 8.45. The minimum atomic E-state index is -0.705. The van der Waals surface area contributed by atoms with Gasteiger partial charge < -0.3 is 9.64 Å². The molecule has 0 N–H and O–H groups in total. The topological polar surface area (TPSA) is 84.0 Å². The van der Waals surface area contributed by atoms with Gasteiger partial charge in [-0.3, -0.25) is 19.3 Å². The number of ether oxygens (including phenoxy) is 1. The van der Waals surface area contributed by atoms with E-state index in [1.807, 2.05) is 31.2 Å². The van der Waals surface area contributed by atoms with Gasteiger partial charge in [-0.1, -0.05) is 25.5 Å². The number of benzene rings is 2. The molecule has 7 nitrogen and oxygen atoms in total. The van der Waals surface area contributed by atoms with Gasteiger partial charge in [0.15, 0.2) is 6.61 Å². The maximum atomic E-state index is 12.7. The Balaban J connectivity index is 1.43. The van der Waals surface area contributed by atoms with Crippen LogP contribution in [0.5, 0.6) is 0 Å². The molecule has 8 heteroatoms. The number of nitrogens with zero attached hydrogens (tertiary/aromatic N) is 2. The summed E-state index contributed by atoms with van der Waals surface area (Å²) in [4.78, 5) is 54.0. The van der Waals surface area contributed by atoms with Crippen LogP contribution in [0.15, 0.2) is 47.4 Å². The van der Waals surface area contributed by atoms with Gasteiger partial charge in [-0.2, -0.15) is 0 Å². The molecule has 0 bridgehead atoms. The largest absolute Gasteiger partial charge is 0.452 e. The van der Waals surface area contributed by atoms with Crippen LogP contribution in [-0.2, 0) is 9.53 Å². The molecular formula is C23H22N2O5S. The third-order valence-corrected chi connectivity index (χ3v) is 6.34. The average molecular weight is 439 g/mol. The maximum Gasteiger partial charge on any atom is 0.338 e. The molecule has 0 saturated carbocycles. The molecule has 0 saturated heterocycles. The lowest BCUT2D eigenvalue weighted by Crippen LogP contribution is -2.38. The fourth-order valence-corrected chi connectivity index (χ4v) is 4.65. The van der Waals surface area contributed by atoms with Gasteiger partial charge in [0.25, 0.3) is 17.7 Å². The fourth-order valence-electron chi connectivity index (χ4n) is 3.65. The zero-order chi connectivity index (χ0) is 22.0. The SMILES string of the molecule is CCCCN1C(=O)c2ccc(C(=O)OCC(=O)N3CCSc4ccccc43)cc2C1=O. The van der Waals surface area contributed by atoms with E-state index in [2.05, 4.69) is 0 Å². The highest BCUT2D eigenvalue weighted by atomic mass is 32.2. The molecule has 0 unspecified atom stereocenters. The van der Waals surface area contributed by atoms with Crippen LogP contribution in [0.1, 0.15) is 50.8 Å². The Hall–Kier alpha value is -3.13. The molecule has 0 atom stereocenters. The quantitative estimate of drug-likeness (QED) is 0.508. The summed E-state index contributed by atoms with van der Waals surface area (Å²) in [6.45, 7) is 2.48. The number of para-hydroxylation sites is 1. The predicted octanol–water partition coefficient (Wildman–Crippen LogP) is 3.38. The van der Waals surface area contributed by atoms with Crippen molar-refractivity contribution in [3.8, 4) is 0 Å². The van der Waals surface area contributed by atoms with Gasteiger partial charge in [0.2, 0.25) is 0 Å². The van der Waals surface area contributed by atoms with Crippen LogP contribution < -0.4 is 4.90 Å². The minimum absolute atomic E-state index is 0.139. The number of carbonyl (C=O) groups is 4. The van der Waals surface area contributed by atoms with Crippen molar-refractivity contribution in [2.24, 2.45) is 0 Å². The van der Waals surface area contributed by atoms with Crippen molar-refractivity contribution in [1.82, 2.24) is 4.90 Å². The summed E-state index contributed by atoms with van der Waals surface area (Å²) in [5, 5.41) is 0. The highest BCUT2D eigenvalue weighted by Gasteiger charge is 2.35. The lowest BCUT2D eigenvalue weighted by molar-refractivity contribution is -0.121. The number of imide groups is 1. The number of carbonyl (C=O) groups excluding carboxylic acids is 4. The van der Waals surface area contributed by atoms with Crippen LogP contribution >= 0.6 is 11.8 Å². The minimum Gasteiger partial charge on any atom is -0.452 e. The van der Waals surface area contributed by atoms with Crippen molar-refractivity contribution < 1.29 is 23.9 Å². The summed E-state index contributed by atoms with van der Waals surface area (Å²) in [6.07, 6.45) is 1.58. The number of hydrogen-bond donors (Lipinski definition) is 0. The Morgan fingerprint density at radius 1 is 1.06 bits per heavy atom. The van der Waals surface area contributed by atoms with E-state index < -0.39 is 18.5 Å². The molecule has 0 radical (unpaired) electrons.